The van der Waals surface area contributed by atoms with Gasteiger partial charge in [0, 0.05) is 22.5 Å². The van der Waals surface area contributed by atoms with Gasteiger partial charge < -0.3 is 10.4 Å². The van der Waals surface area contributed by atoms with Crippen LogP contribution >= 0.6 is 22.6 Å². The molecule has 2 rings (SSSR count). The zero-order valence-electron chi connectivity index (χ0n) is 8.41. The number of hydrogen-bond acceptors (Lipinski definition) is 4. The van der Waals surface area contributed by atoms with E-state index in [9.17, 15) is 5.11 Å². The molecule has 0 unspecified atom stereocenters. The Kier molecular flexibility index (Phi) is 3.40. The Balaban J connectivity index is 1.76. The van der Waals surface area contributed by atoms with Crippen LogP contribution in [-0.4, -0.2) is 27.2 Å². The summed E-state index contributed by atoms with van der Waals surface area (Å²) in [7, 11) is 0. The van der Waals surface area contributed by atoms with E-state index in [2.05, 4.69) is 37.9 Å². The normalized spacial score (nSPS) is 18.3. The van der Waals surface area contributed by atoms with Gasteiger partial charge in [0.15, 0.2) is 0 Å². The van der Waals surface area contributed by atoms with Crippen LogP contribution in [0.25, 0.3) is 0 Å². The zero-order valence-corrected chi connectivity index (χ0v) is 10.6. The van der Waals surface area contributed by atoms with Crippen molar-refractivity contribution in [2.75, 3.05) is 11.9 Å². The van der Waals surface area contributed by atoms with E-state index in [1.54, 1.807) is 12.4 Å². The topological polar surface area (TPSA) is 58.0 Å². The highest BCUT2D eigenvalue weighted by atomic mass is 127. The third-order valence-electron chi connectivity index (χ3n) is 2.78. The minimum atomic E-state index is -0.420. The highest BCUT2D eigenvalue weighted by molar-refractivity contribution is 14.1. The lowest BCUT2D eigenvalue weighted by molar-refractivity contribution is -0.0370. The summed E-state index contributed by atoms with van der Waals surface area (Å²) in [5, 5.41) is 13.0. The maximum absolute atomic E-state index is 9.85. The number of nitrogens with zero attached hydrogens (tertiary/aromatic N) is 2. The van der Waals surface area contributed by atoms with Gasteiger partial charge in [0.25, 0.3) is 0 Å². The first-order valence-electron chi connectivity index (χ1n) is 5.12. The summed E-state index contributed by atoms with van der Waals surface area (Å²) in [5.41, 5.74) is -0.420. The first-order valence-corrected chi connectivity index (χ1v) is 6.20. The van der Waals surface area contributed by atoms with Crippen molar-refractivity contribution in [2.24, 2.45) is 0 Å². The van der Waals surface area contributed by atoms with Gasteiger partial charge in [-0.15, -0.1) is 0 Å². The first-order chi connectivity index (χ1) is 7.18. The second-order valence-corrected chi connectivity index (χ2v) is 5.23. The van der Waals surface area contributed by atoms with E-state index in [1.165, 1.54) is 0 Å². The standard InChI is InChI=1S/C10H14IN3O/c11-8-6-13-9(14-7-8)12-5-4-10(15)2-1-3-10/h6-7,15H,1-5H2,(H,12,13,14). The van der Waals surface area contributed by atoms with Crippen LogP contribution in [-0.2, 0) is 0 Å². The minimum Gasteiger partial charge on any atom is -0.390 e. The molecule has 2 N–H and O–H groups in total. The summed E-state index contributed by atoms with van der Waals surface area (Å²) >= 11 is 2.17. The molecule has 1 aliphatic carbocycles. The van der Waals surface area contributed by atoms with Gasteiger partial charge in [0.05, 0.1) is 5.60 Å². The number of anilines is 1. The Labute approximate surface area is 103 Å². The number of aromatic nitrogens is 2. The van der Waals surface area contributed by atoms with E-state index >= 15 is 0 Å². The molecule has 1 aromatic rings. The van der Waals surface area contributed by atoms with Crippen LogP contribution in [0.1, 0.15) is 25.7 Å². The fourth-order valence-corrected chi connectivity index (χ4v) is 1.92. The van der Waals surface area contributed by atoms with Crippen molar-refractivity contribution in [3.8, 4) is 0 Å². The van der Waals surface area contributed by atoms with Crippen molar-refractivity contribution >= 4 is 28.5 Å². The smallest absolute Gasteiger partial charge is 0.222 e. The van der Waals surface area contributed by atoms with Crippen molar-refractivity contribution in [1.82, 2.24) is 9.97 Å². The van der Waals surface area contributed by atoms with Gasteiger partial charge in [-0.2, -0.15) is 0 Å². The van der Waals surface area contributed by atoms with Gasteiger partial charge in [-0.25, -0.2) is 9.97 Å². The van der Waals surface area contributed by atoms with Crippen LogP contribution < -0.4 is 5.32 Å². The molecule has 0 aromatic carbocycles. The van der Waals surface area contributed by atoms with Crippen LogP contribution in [0.2, 0.25) is 0 Å². The van der Waals surface area contributed by atoms with E-state index in [0.29, 0.717) is 5.95 Å². The Hall–Kier alpha value is -0.430. The lowest BCUT2D eigenvalue weighted by Gasteiger charge is -2.36. The van der Waals surface area contributed by atoms with Gasteiger partial charge in [0.2, 0.25) is 5.95 Å². The molecule has 4 nitrogen and oxygen atoms in total. The summed E-state index contributed by atoms with van der Waals surface area (Å²) in [4.78, 5) is 8.26. The van der Waals surface area contributed by atoms with Crippen LogP contribution in [0.3, 0.4) is 0 Å². The van der Waals surface area contributed by atoms with Crippen molar-refractivity contribution in [1.29, 1.82) is 0 Å². The summed E-state index contributed by atoms with van der Waals surface area (Å²) in [6, 6.07) is 0. The Bertz CT molecular complexity index is 324. The van der Waals surface area contributed by atoms with Crippen molar-refractivity contribution < 1.29 is 5.11 Å². The Morgan fingerprint density at radius 3 is 2.60 bits per heavy atom. The molecule has 0 spiro atoms. The molecule has 1 aliphatic rings. The quantitative estimate of drug-likeness (QED) is 0.831. The third-order valence-corrected chi connectivity index (χ3v) is 3.34. The molecule has 1 heterocycles. The molecular weight excluding hydrogens is 305 g/mol. The molecule has 0 bridgehead atoms. The SMILES string of the molecule is OC1(CCNc2ncc(I)cn2)CCC1. The summed E-state index contributed by atoms with van der Waals surface area (Å²) in [6.07, 6.45) is 7.34. The number of hydrogen-bond donors (Lipinski definition) is 2. The fraction of sp³-hybridized carbons (Fsp3) is 0.600. The molecule has 0 saturated heterocycles. The highest BCUT2D eigenvalue weighted by Gasteiger charge is 2.33. The number of rotatable bonds is 4. The third kappa shape index (κ3) is 3.01. The molecule has 0 atom stereocenters. The Morgan fingerprint density at radius 2 is 2.07 bits per heavy atom. The predicted octanol–water partition coefficient (Wildman–Crippen LogP) is 1.80. The van der Waals surface area contributed by atoms with Crippen LogP contribution in [0.4, 0.5) is 5.95 Å². The average molecular weight is 319 g/mol. The van der Waals surface area contributed by atoms with E-state index in [0.717, 1.165) is 35.8 Å². The maximum Gasteiger partial charge on any atom is 0.222 e. The molecule has 1 aromatic heterocycles. The first kappa shape index (κ1) is 11.1. The van der Waals surface area contributed by atoms with E-state index in [4.69, 9.17) is 0 Å². The lowest BCUT2D eigenvalue weighted by atomic mass is 9.78. The van der Waals surface area contributed by atoms with E-state index < -0.39 is 5.60 Å². The largest absolute Gasteiger partial charge is 0.390 e. The molecule has 0 radical (unpaired) electrons. The fourth-order valence-electron chi connectivity index (χ4n) is 1.65. The van der Waals surface area contributed by atoms with E-state index in [-0.39, 0.29) is 0 Å². The van der Waals surface area contributed by atoms with Crippen LogP contribution in [0.5, 0.6) is 0 Å². The summed E-state index contributed by atoms with van der Waals surface area (Å²) < 4.78 is 1.02. The van der Waals surface area contributed by atoms with Gasteiger partial charge in [-0.05, 0) is 48.3 Å². The molecule has 82 valence electrons. The predicted molar refractivity (Wildman–Crippen MR) is 66.7 cm³/mol. The molecule has 15 heavy (non-hydrogen) atoms. The molecular formula is C10H14IN3O. The molecule has 1 fully saturated rings. The van der Waals surface area contributed by atoms with Gasteiger partial charge in [-0.3, -0.25) is 0 Å². The van der Waals surface area contributed by atoms with Crippen molar-refractivity contribution in [3.05, 3.63) is 16.0 Å². The highest BCUT2D eigenvalue weighted by Crippen LogP contribution is 2.34. The Morgan fingerprint density at radius 1 is 1.40 bits per heavy atom. The average Bonchev–Trinajstić information content (AvgIpc) is 2.19. The van der Waals surface area contributed by atoms with E-state index in [1.807, 2.05) is 0 Å². The van der Waals surface area contributed by atoms with Gasteiger partial charge in [0.1, 0.15) is 0 Å². The van der Waals surface area contributed by atoms with Crippen molar-refractivity contribution in [2.45, 2.75) is 31.3 Å². The zero-order chi connectivity index (χ0) is 10.7. The molecule has 0 aliphatic heterocycles. The summed E-state index contributed by atoms with van der Waals surface area (Å²) in [6.45, 7) is 0.733. The second kappa shape index (κ2) is 4.61. The number of halogens is 1. The second-order valence-electron chi connectivity index (χ2n) is 3.98. The van der Waals surface area contributed by atoms with Crippen LogP contribution in [0.15, 0.2) is 12.4 Å². The summed E-state index contributed by atoms with van der Waals surface area (Å²) in [5.74, 6) is 0.637. The minimum absolute atomic E-state index is 0.420. The lowest BCUT2D eigenvalue weighted by Crippen LogP contribution is -2.38. The monoisotopic (exact) mass is 319 g/mol. The van der Waals surface area contributed by atoms with Gasteiger partial charge >= 0.3 is 0 Å². The van der Waals surface area contributed by atoms with Crippen LogP contribution in [0, 0.1) is 3.57 Å². The molecule has 1 saturated carbocycles. The number of nitrogens with one attached hydrogen (secondary N) is 1. The maximum atomic E-state index is 9.85. The number of aliphatic hydroxyl groups is 1. The van der Waals surface area contributed by atoms with Gasteiger partial charge in [-0.1, -0.05) is 0 Å². The molecule has 5 heteroatoms. The van der Waals surface area contributed by atoms with Crippen molar-refractivity contribution in [3.63, 3.8) is 0 Å². The molecule has 0 amide bonds.